The van der Waals surface area contributed by atoms with E-state index in [2.05, 4.69) is 30.4 Å². The van der Waals surface area contributed by atoms with Crippen LogP contribution < -0.4 is 5.32 Å². The van der Waals surface area contributed by atoms with Crippen LogP contribution in [-0.2, 0) is 9.53 Å². The number of amides is 1. The summed E-state index contributed by atoms with van der Waals surface area (Å²) in [6.45, 7) is 6.66. The first-order valence-corrected chi connectivity index (χ1v) is 6.89. The molecule has 1 atom stereocenters. The van der Waals surface area contributed by atoms with Gasteiger partial charge >= 0.3 is 0 Å². The van der Waals surface area contributed by atoms with Gasteiger partial charge in [-0.05, 0) is 25.8 Å². The second-order valence-electron chi connectivity index (χ2n) is 4.84. The summed E-state index contributed by atoms with van der Waals surface area (Å²) >= 11 is 0. The molecule has 0 aromatic heterocycles. The number of nitrogens with one attached hydrogen (secondary N) is 1. The van der Waals surface area contributed by atoms with Gasteiger partial charge in [0.15, 0.2) is 0 Å². The van der Waals surface area contributed by atoms with Gasteiger partial charge in [-0.3, -0.25) is 10.1 Å². The normalized spacial score (nSPS) is 19.2. The molecule has 4 nitrogen and oxygen atoms in total. The van der Waals surface area contributed by atoms with E-state index in [1.165, 1.54) is 5.56 Å². The first kappa shape index (κ1) is 14.0. The van der Waals surface area contributed by atoms with Crippen LogP contribution in [0.15, 0.2) is 24.3 Å². The van der Waals surface area contributed by atoms with Crippen LogP contribution >= 0.6 is 0 Å². The first-order chi connectivity index (χ1) is 9.22. The average molecular weight is 262 g/mol. The van der Waals surface area contributed by atoms with E-state index in [1.807, 2.05) is 17.9 Å². The quantitative estimate of drug-likeness (QED) is 0.796. The molecule has 1 amide bonds. The second kappa shape index (κ2) is 6.68. The lowest BCUT2D eigenvalue weighted by Crippen LogP contribution is -2.31. The van der Waals surface area contributed by atoms with Gasteiger partial charge in [-0.1, -0.05) is 29.8 Å². The van der Waals surface area contributed by atoms with E-state index in [9.17, 15) is 4.79 Å². The van der Waals surface area contributed by atoms with E-state index in [0.717, 1.165) is 25.1 Å². The highest BCUT2D eigenvalue weighted by Crippen LogP contribution is 2.23. The zero-order valence-corrected chi connectivity index (χ0v) is 11.7. The number of carbonyl (C=O) groups is 1. The summed E-state index contributed by atoms with van der Waals surface area (Å²) in [6.07, 6.45) is 0.887. The number of ether oxygens (including phenoxy) is 1. The van der Waals surface area contributed by atoms with Gasteiger partial charge in [0, 0.05) is 19.8 Å². The minimum absolute atomic E-state index is 0.00836. The molecular weight excluding hydrogens is 240 g/mol. The van der Waals surface area contributed by atoms with Crippen LogP contribution in [0.4, 0.5) is 0 Å². The van der Waals surface area contributed by atoms with E-state index >= 15 is 0 Å². The van der Waals surface area contributed by atoms with Crippen LogP contribution in [0.2, 0.25) is 0 Å². The third kappa shape index (κ3) is 3.55. The van der Waals surface area contributed by atoms with Crippen LogP contribution in [0, 0.1) is 6.92 Å². The van der Waals surface area contributed by atoms with Crippen LogP contribution in [0.1, 0.15) is 30.6 Å². The van der Waals surface area contributed by atoms with Gasteiger partial charge < -0.3 is 9.64 Å². The molecule has 1 heterocycles. The predicted molar refractivity (Wildman–Crippen MR) is 74.7 cm³/mol. The van der Waals surface area contributed by atoms with Crippen molar-refractivity contribution in [2.24, 2.45) is 0 Å². The SMILES string of the molecule is CCOCCCN1C(=O)CNC1c1cccc(C)c1. The Morgan fingerprint density at radius 1 is 1.47 bits per heavy atom. The van der Waals surface area contributed by atoms with Gasteiger partial charge in [-0.15, -0.1) is 0 Å². The Bertz CT molecular complexity index is 434. The lowest BCUT2D eigenvalue weighted by atomic mass is 10.1. The number of hydrogen-bond acceptors (Lipinski definition) is 3. The topological polar surface area (TPSA) is 41.6 Å². The first-order valence-electron chi connectivity index (χ1n) is 6.89. The number of carbonyl (C=O) groups excluding carboxylic acids is 1. The Labute approximate surface area is 114 Å². The van der Waals surface area contributed by atoms with E-state index in [1.54, 1.807) is 0 Å². The van der Waals surface area contributed by atoms with Gasteiger partial charge in [-0.25, -0.2) is 0 Å². The predicted octanol–water partition coefficient (Wildman–Crippen LogP) is 1.85. The van der Waals surface area contributed by atoms with Crippen molar-refractivity contribution in [2.75, 3.05) is 26.3 Å². The van der Waals surface area contributed by atoms with Crippen molar-refractivity contribution in [2.45, 2.75) is 26.4 Å². The summed E-state index contributed by atoms with van der Waals surface area (Å²) in [5, 5.41) is 3.28. The molecule has 0 saturated carbocycles. The molecule has 1 saturated heterocycles. The monoisotopic (exact) mass is 262 g/mol. The zero-order valence-electron chi connectivity index (χ0n) is 11.7. The number of hydrogen-bond donors (Lipinski definition) is 1. The Kier molecular flexibility index (Phi) is 4.93. The number of benzene rings is 1. The van der Waals surface area contributed by atoms with Crippen LogP contribution in [0.5, 0.6) is 0 Å². The van der Waals surface area contributed by atoms with Crippen LogP contribution in [0.3, 0.4) is 0 Å². The maximum atomic E-state index is 11.9. The van der Waals surface area contributed by atoms with Crippen molar-refractivity contribution < 1.29 is 9.53 Å². The molecule has 4 heteroatoms. The van der Waals surface area contributed by atoms with E-state index in [0.29, 0.717) is 13.2 Å². The summed E-state index contributed by atoms with van der Waals surface area (Å²) in [6, 6.07) is 8.30. The third-order valence-electron chi connectivity index (χ3n) is 3.33. The molecular formula is C15H22N2O2. The maximum Gasteiger partial charge on any atom is 0.238 e. The highest BCUT2D eigenvalue weighted by Gasteiger charge is 2.30. The van der Waals surface area contributed by atoms with Gasteiger partial charge in [-0.2, -0.15) is 0 Å². The molecule has 1 aliphatic heterocycles. The van der Waals surface area contributed by atoms with E-state index in [-0.39, 0.29) is 12.1 Å². The molecule has 1 aliphatic rings. The average Bonchev–Trinajstić information content (AvgIpc) is 2.76. The Morgan fingerprint density at radius 3 is 3.05 bits per heavy atom. The smallest absolute Gasteiger partial charge is 0.238 e. The highest BCUT2D eigenvalue weighted by molar-refractivity contribution is 5.80. The summed E-state index contributed by atoms with van der Waals surface area (Å²) in [4.78, 5) is 13.8. The van der Waals surface area contributed by atoms with E-state index in [4.69, 9.17) is 4.74 Å². The molecule has 0 bridgehead atoms. The molecule has 0 spiro atoms. The molecule has 104 valence electrons. The summed E-state index contributed by atoms with van der Waals surface area (Å²) in [7, 11) is 0. The van der Waals surface area contributed by atoms with Gasteiger partial charge in [0.25, 0.3) is 0 Å². The molecule has 19 heavy (non-hydrogen) atoms. The molecule has 1 aromatic carbocycles. The molecule has 0 aliphatic carbocycles. The Balaban J connectivity index is 2.00. The standard InChI is InChI=1S/C15H22N2O2/c1-3-19-9-5-8-17-14(18)11-16-15(17)13-7-4-6-12(2)10-13/h4,6-7,10,15-16H,3,5,8-9,11H2,1-2H3. The largest absolute Gasteiger partial charge is 0.382 e. The van der Waals surface area contributed by atoms with Gasteiger partial charge in [0.05, 0.1) is 6.54 Å². The number of aryl methyl sites for hydroxylation is 1. The molecule has 2 rings (SSSR count). The maximum absolute atomic E-state index is 11.9. The molecule has 1 N–H and O–H groups in total. The van der Waals surface area contributed by atoms with Crippen molar-refractivity contribution >= 4 is 5.91 Å². The van der Waals surface area contributed by atoms with Crippen molar-refractivity contribution in [1.29, 1.82) is 0 Å². The molecule has 1 aromatic rings. The molecule has 1 fully saturated rings. The van der Waals surface area contributed by atoms with Crippen LogP contribution in [0.25, 0.3) is 0 Å². The fraction of sp³-hybridized carbons (Fsp3) is 0.533. The zero-order chi connectivity index (χ0) is 13.7. The number of rotatable bonds is 6. The lowest BCUT2D eigenvalue weighted by Gasteiger charge is -2.25. The Morgan fingerprint density at radius 2 is 2.32 bits per heavy atom. The minimum Gasteiger partial charge on any atom is -0.382 e. The van der Waals surface area contributed by atoms with E-state index < -0.39 is 0 Å². The fourth-order valence-electron chi connectivity index (χ4n) is 2.41. The third-order valence-corrected chi connectivity index (χ3v) is 3.33. The molecule has 1 unspecified atom stereocenters. The lowest BCUT2D eigenvalue weighted by molar-refractivity contribution is -0.128. The van der Waals surface area contributed by atoms with Crippen LogP contribution in [-0.4, -0.2) is 37.1 Å². The summed E-state index contributed by atoms with van der Waals surface area (Å²) in [5.41, 5.74) is 2.37. The van der Waals surface area contributed by atoms with Gasteiger partial charge in [0.1, 0.15) is 6.17 Å². The van der Waals surface area contributed by atoms with Crippen molar-refractivity contribution in [1.82, 2.24) is 10.2 Å². The molecule has 0 radical (unpaired) electrons. The highest BCUT2D eigenvalue weighted by atomic mass is 16.5. The van der Waals surface area contributed by atoms with Gasteiger partial charge in [0.2, 0.25) is 5.91 Å². The summed E-state index contributed by atoms with van der Waals surface area (Å²) in [5.74, 6) is 0.169. The van der Waals surface area contributed by atoms with Crippen molar-refractivity contribution in [3.63, 3.8) is 0 Å². The summed E-state index contributed by atoms with van der Waals surface area (Å²) < 4.78 is 5.33. The number of nitrogens with zero attached hydrogens (tertiary/aromatic N) is 1. The van der Waals surface area contributed by atoms with Crippen molar-refractivity contribution in [3.8, 4) is 0 Å². The van der Waals surface area contributed by atoms with Crippen molar-refractivity contribution in [3.05, 3.63) is 35.4 Å². The minimum atomic E-state index is 0.00836. The Hall–Kier alpha value is -1.39. The fourth-order valence-corrected chi connectivity index (χ4v) is 2.41. The second-order valence-corrected chi connectivity index (χ2v) is 4.84.